The van der Waals surface area contributed by atoms with Crippen molar-refractivity contribution in [1.82, 2.24) is 4.98 Å². The number of carboxylic acids is 1. The van der Waals surface area contributed by atoms with Crippen molar-refractivity contribution in [2.75, 3.05) is 11.9 Å². The molecule has 1 heterocycles. The van der Waals surface area contributed by atoms with E-state index in [1.807, 2.05) is 0 Å². The van der Waals surface area contributed by atoms with Crippen LogP contribution in [0.4, 0.5) is 5.82 Å². The predicted molar refractivity (Wildman–Crippen MR) is 62.0 cm³/mol. The van der Waals surface area contributed by atoms with Gasteiger partial charge in [-0.3, -0.25) is 0 Å². The van der Waals surface area contributed by atoms with Gasteiger partial charge >= 0.3 is 5.97 Å². The maximum Gasteiger partial charge on any atom is 0.335 e. The molecule has 16 heavy (non-hydrogen) atoms. The number of halogens is 1. The summed E-state index contributed by atoms with van der Waals surface area (Å²) in [5, 5.41) is 12.2. The van der Waals surface area contributed by atoms with E-state index in [4.69, 9.17) is 16.7 Å². The molecule has 0 radical (unpaired) electrons. The second-order valence-electron chi connectivity index (χ2n) is 4.53. The number of nitrogens with one attached hydrogen (secondary N) is 1. The summed E-state index contributed by atoms with van der Waals surface area (Å²) in [6.07, 6.45) is 2.40. The molecule has 86 valence electrons. The third-order valence-electron chi connectivity index (χ3n) is 2.84. The second-order valence-corrected chi connectivity index (χ2v) is 4.92. The molecule has 5 heteroatoms. The Morgan fingerprint density at radius 1 is 1.62 bits per heavy atom. The highest BCUT2D eigenvalue weighted by Crippen LogP contribution is 2.44. The number of pyridine rings is 1. The van der Waals surface area contributed by atoms with Crippen LogP contribution in [-0.2, 0) is 0 Å². The van der Waals surface area contributed by atoms with E-state index in [9.17, 15) is 4.79 Å². The van der Waals surface area contributed by atoms with Gasteiger partial charge in [0, 0.05) is 6.54 Å². The first-order valence-corrected chi connectivity index (χ1v) is 5.51. The van der Waals surface area contributed by atoms with Crippen LogP contribution in [0.2, 0.25) is 5.15 Å². The first-order chi connectivity index (χ1) is 7.48. The molecule has 1 aromatic heterocycles. The number of aromatic nitrogens is 1. The summed E-state index contributed by atoms with van der Waals surface area (Å²) in [6, 6.07) is 2.84. The van der Waals surface area contributed by atoms with Crippen LogP contribution in [0.15, 0.2) is 12.1 Å². The topological polar surface area (TPSA) is 62.2 Å². The average molecular weight is 241 g/mol. The molecule has 0 unspecified atom stereocenters. The zero-order valence-electron chi connectivity index (χ0n) is 8.96. The maximum atomic E-state index is 10.8. The highest BCUT2D eigenvalue weighted by Gasteiger charge is 2.36. The lowest BCUT2D eigenvalue weighted by atomic mass is 10.1. The minimum absolute atomic E-state index is 0.156. The Kier molecular flexibility index (Phi) is 2.76. The molecule has 0 spiro atoms. The van der Waals surface area contributed by atoms with Crippen LogP contribution in [0.5, 0.6) is 0 Å². The summed E-state index contributed by atoms with van der Waals surface area (Å²) >= 11 is 5.75. The average Bonchev–Trinajstić information content (AvgIpc) is 2.94. The van der Waals surface area contributed by atoms with Gasteiger partial charge in [0.2, 0.25) is 0 Å². The van der Waals surface area contributed by atoms with Gasteiger partial charge < -0.3 is 10.4 Å². The third-order valence-corrected chi connectivity index (χ3v) is 3.03. The molecule has 2 rings (SSSR count). The zero-order chi connectivity index (χ0) is 11.8. The predicted octanol–water partition coefficient (Wildman–Crippen LogP) is 2.65. The quantitative estimate of drug-likeness (QED) is 0.795. The van der Waals surface area contributed by atoms with Crippen LogP contribution in [0.25, 0.3) is 0 Å². The normalized spacial score (nSPS) is 16.9. The van der Waals surface area contributed by atoms with Crippen molar-refractivity contribution in [2.45, 2.75) is 19.8 Å². The first-order valence-electron chi connectivity index (χ1n) is 5.13. The first kappa shape index (κ1) is 11.2. The maximum absolute atomic E-state index is 10.8. The minimum Gasteiger partial charge on any atom is -0.478 e. The van der Waals surface area contributed by atoms with Crippen LogP contribution in [0.3, 0.4) is 0 Å². The van der Waals surface area contributed by atoms with Gasteiger partial charge in [0.1, 0.15) is 11.0 Å². The number of carboxylic acid groups (broad SMARTS) is 1. The summed E-state index contributed by atoms with van der Waals surface area (Å²) < 4.78 is 0. The van der Waals surface area contributed by atoms with Crippen molar-refractivity contribution in [3.8, 4) is 0 Å². The fourth-order valence-electron chi connectivity index (χ4n) is 1.41. The van der Waals surface area contributed by atoms with Crippen LogP contribution in [-0.4, -0.2) is 22.6 Å². The van der Waals surface area contributed by atoms with Crippen molar-refractivity contribution in [2.24, 2.45) is 5.41 Å². The SMILES string of the molecule is CC1(CNc2cc(C(=O)O)cc(Cl)n2)CC1. The molecule has 0 atom stereocenters. The standard InChI is InChI=1S/C11H13ClN2O2/c1-11(2-3-11)6-13-9-5-7(10(15)16)4-8(12)14-9/h4-5H,2-3,6H2,1H3,(H,13,14)(H,15,16). The van der Waals surface area contributed by atoms with Crippen molar-refractivity contribution in [3.05, 3.63) is 22.8 Å². The van der Waals surface area contributed by atoms with Gasteiger partial charge in [0.15, 0.2) is 0 Å². The molecule has 0 aromatic carbocycles. The van der Waals surface area contributed by atoms with Gasteiger partial charge in [-0.15, -0.1) is 0 Å². The third kappa shape index (κ3) is 2.64. The van der Waals surface area contributed by atoms with Gasteiger partial charge in [-0.1, -0.05) is 18.5 Å². The largest absolute Gasteiger partial charge is 0.478 e. The lowest BCUT2D eigenvalue weighted by Crippen LogP contribution is -2.13. The van der Waals surface area contributed by atoms with Gasteiger partial charge in [0.25, 0.3) is 0 Å². The number of anilines is 1. The lowest BCUT2D eigenvalue weighted by molar-refractivity contribution is 0.0697. The van der Waals surface area contributed by atoms with Crippen molar-refractivity contribution >= 4 is 23.4 Å². The number of rotatable bonds is 4. The molecule has 1 fully saturated rings. The highest BCUT2D eigenvalue weighted by molar-refractivity contribution is 6.29. The van der Waals surface area contributed by atoms with Crippen LogP contribution < -0.4 is 5.32 Å². The van der Waals surface area contributed by atoms with Crippen molar-refractivity contribution in [3.63, 3.8) is 0 Å². The Balaban J connectivity index is 2.10. The van der Waals surface area contributed by atoms with Gasteiger partial charge in [-0.05, 0) is 30.4 Å². The van der Waals surface area contributed by atoms with Crippen LogP contribution in [0, 0.1) is 5.41 Å². The van der Waals surface area contributed by atoms with Gasteiger partial charge in [0.05, 0.1) is 5.56 Å². The molecule has 1 aliphatic carbocycles. The fraction of sp³-hybridized carbons (Fsp3) is 0.455. The van der Waals surface area contributed by atoms with Crippen LogP contribution in [0.1, 0.15) is 30.1 Å². The molecule has 1 aliphatic rings. The minimum atomic E-state index is -0.995. The Bertz CT molecular complexity index is 430. The van der Waals surface area contributed by atoms with E-state index in [1.54, 1.807) is 0 Å². The number of carbonyl (C=O) groups is 1. The van der Waals surface area contributed by atoms with Gasteiger partial charge in [-0.2, -0.15) is 0 Å². The summed E-state index contributed by atoms with van der Waals surface area (Å²) in [6.45, 7) is 2.99. The lowest BCUT2D eigenvalue weighted by Gasteiger charge is -2.11. The Morgan fingerprint density at radius 3 is 2.88 bits per heavy atom. The molecule has 0 aliphatic heterocycles. The van der Waals surface area contributed by atoms with Crippen molar-refractivity contribution in [1.29, 1.82) is 0 Å². The second kappa shape index (κ2) is 3.94. The molecular formula is C11H13ClN2O2. The number of nitrogens with zero attached hydrogens (tertiary/aromatic N) is 1. The Hall–Kier alpha value is -1.29. The molecule has 1 aromatic rings. The summed E-state index contributed by atoms with van der Waals surface area (Å²) in [4.78, 5) is 14.8. The van der Waals surface area contributed by atoms with E-state index in [2.05, 4.69) is 17.2 Å². The zero-order valence-corrected chi connectivity index (χ0v) is 9.71. The summed E-state index contributed by atoms with van der Waals surface area (Å²) in [7, 11) is 0. The molecule has 0 amide bonds. The van der Waals surface area contributed by atoms with Gasteiger partial charge in [-0.25, -0.2) is 9.78 Å². The smallest absolute Gasteiger partial charge is 0.335 e. The molecule has 2 N–H and O–H groups in total. The highest BCUT2D eigenvalue weighted by atomic mass is 35.5. The molecule has 0 saturated heterocycles. The van der Waals surface area contributed by atoms with Crippen LogP contribution >= 0.6 is 11.6 Å². The molecule has 0 bridgehead atoms. The Labute approximate surface area is 98.6 Å². The van der Waals surface area contributed by atoms with E-state index >= 15 is 0 Å². The van der Waals surface area contributed by atoms with E-state index in [0.717, 1.165) is 6.54 Å². The number of aromatic carboxylic acids is 1. The molecule has 4 nitrogen and oxygen atoms in total. The molecular weight excluding hydrogens is 228 g/mol. The number of hydrogen-bond acceptors (Lipinski definition) is 3. The fourth-order valence-corrected chi connectivity index (χ4v) is 1.61. The summed E-state index contributed by atoms with van der Waals surface area (Å²) in [5.74, 6) is -0.469. The van der Waals surface area contributed by atoms with E-state index in [1.165, 1.54) is 25.0 Å². The van der Waals surface area contributed by atoms with Crippen molar-refractivity contribution < 1.29 is 9.90 Å². The number of hydrogen-bond donors (Lipinski definition) is 2. The van der Waals surface area contributed by atoms with E-state index in [-0.39, 0.29) is 10.7 Å². The van der Waals surface area contributed by atoms with E-state index in [0.29, 0.717) is 11.2 Å². The molecule has 1 saturated carbocycles. The van der Waals surface area contributed by atoms with E-state index < -0.39 is 5.97 Å². The summed E-state index contributed by atoms with van der Waals surface area (Å²) in [5.41, 5.74) is 0.497. The Morgan fingerprint density at radius 2 is 2.31 bits per heavy atom. The monoisotopic (exact) mass is 240 g/mol.